The van der Waals surface area contributed by atoms with Crippen LogP contribution in [0.15, 0.2) is 24.3 Å². The first-order valence-electron chi connectivity index (χ1n) is 7.99. The maximum atomic E-state index is 12.5. The van der Waals surface area contributed by atoms with E-state index in [1.54, 1.807) is 24.3 Å². The second-order valence-electron chi connectivity index (χ2n) is 5.82. The molecule has 10 nitrogen and oxygen atoms in total. The molecule has 1 rings (SSSR count). The Labute approximate surface area is 165 Å². The number of rotatable bonds is 13. The molecule has 0 unspecified atom stereocenters. The molecule has 0 fully saturated rings. The lowest BCUT2D eigenvalue weighted by Crippen LogP contribution is -2.33. The largest absolute Gasteiger partial charge is 0.497 e. The third kappa shape index (κ3) is 10.2. The Hall–Kier alpha value is -1.41. The lowest BCUT2D eigenvalue weighted by Gasteiger charge is -2.17. The van der Waals surface area contributed by atoms with Crippen molar-refractivity contribution in [3.63, 3.8) is 0 Å². The van der Waals surface area contributed by atoms with E-state index in [-0.39, 0.29) is 13.0 Å². The monoisotopic (exact) mass is 460 g/mol. The predicted octanol–water partition coefficient (Wildman–Crippen LogP) is 0.200. The zero-order valence-corrected chi connectivity index (χ0v) is 18.2. The maximum Gasteiger partial charge on any atom is 0.264 e. The molecule has 0 saturated carbocycles. The molecule has 0 saturated heterocycles. The van der Waals surface area contributed by atoms with E-state index in [4.69, 9.17) is 9.47 Å². The third-order valence-corrected chi connectivity index (χ3v) is 6.69. The fourth-order valence-corrected chi connectivity index (χ4v) is 4.29. The van der Waals surface area contributed by atoms with Gasteiger partial charge in [-0.2, -0.15) is 16.8 Å². The van der Waals surface area contributed by atoms with Crippen LogP contribution >= 0.6 is 0 Å². The number of sulfone groups is 1. The van der Waals surface area contributed by atoms with Gasteiger partial charge in [-0.15, -0.1) is 0 Å². The molecule has 162 valence electrons. The smallest absolute Gasteiger partial charge is 0.264 e. The van der Waals surface area contributed by atoms with Gasteiger partial charge in [0.15, 0.2) is 9.84 Å². The summed E-state index contributed by atoms with van der Waals surface area (Å²) < 4.78 is 88.9. The van der Waals surface area contributed by atoms with E-state index in [1.165, 1.54) is 7.11 Å². The summed E-state index contributed by atoms with van der Waals surface area (Å²) in [5.41, 5.74) is 0. The van der Waals surface area contributed by atoms with Crippen molar-refractivity contribution in [1.82, 2.24) is 0 Å². The summed E-state index contributed by atoms with van der Waals surface area (Å²) in [6.45, 7) is -1.25. The van der Waals surface area contributed by atoms with Crippen LogP contribution in [0.3, 0.4) is 0 Å². The Balaban J connectivity index is 2.71. The standard InChI is InChI=1S/C15H24O10S3/c1-22-13-4-6-14(7-5-13)23-10-11-28(20,21)15(12-25-27(3,18)19)8-9-24-26(2,16)17/h4-7,15H,8-12H2,1-3H3/t15-/m0/s1. The van der Waals surface area contributed by atoms with E-state index in [0.717, 1.165) is 12.5 Å². The van der Waals surface area contributed by atoms with E-state index in [1.807, 2.05) is 0 Å². The average molecular weight is 461 g/mol. The first-order chi connectivity index (χ1) is 12.8. The van der Waals surface area contributed by atoms with Crippen molar-refractivity contribution in [2.45, 2.75) is 11.7 Å². The van der Waals surface area contributed by atoms with Crippen LogP contribution in [-0.4, -0.2) is 75.7 Å². The number of benzene rings is 1. The fourth-order valence-electron chi connectivity index (χ4n) is 2.01. The minimum atomic E-state index is -3.87. The Morgan fingerprint density at radius 2 is 1.36 bits per heavy atom. The maximum absolute atomic E-state index is 12.5. The zero-order chi connectivity index (χ0) is 21.4. The molecule has 0 aliphatic heterocycles. The first kappa shape index (κ1) is 24.6. The van der Waals surface area contributed by atoms with Crippen LogP contribution in [0, 0.1) is 0 Å². The van der Waals surface area contributed by atoms with E-state index >= 15 is 0 Å². The molecular weight excluding hydrogens is 436 g/mol. The molecule has 0 heterocycles. The molecular formula is C15H24O10S3. The van der Waals surface area contributed by atoms with Gasteiger partial charge in [-0.1, -0.05) is 0 Å². The molecule has 1 aromatic rings. The molecule has 0 spiro atoms. The number of methoxy groups -OCH3 is 1. The summed E-state index contributed by atoms with van der Waals surface area (Å²) in [4.78, 5) is 0. The van der Waals surface area contributed by atoms with Crippen LogP contribution in [0.5, 0.6) is 11.5 Å². The van der Waals surface area contributed by atoms with Crippen molar-refractivity contribution >= 4 is 30.1 Å². The van der Waals surface area contributed by atoms with Crippen LogP contribution in [0.4, 0.5) is 0 Å². The summed E-state index contributed by atoms with van der Waals surface area (Å²) >= 11 is 0. The highest BCUT2D eigenvalue weighted by Crippen LogP contribution is 2.17. The van der Waals surface area contributed by atoms with E-state index in [9.17, 15) is 25.3 Å². The van der Waals surface area contributed by atoms with Gasteiger partial charge >= 0.3 is 0 Å². The van der Waals surface area contributed by atoms with Crippen LogP contribution in [0.1, 0.15) is 6.42 Å². The van der Waals surface area contributed by atoms with Gasteiger partial charge in [-0.3, -0.25) is 8.37 Å². The molecule has 13 heteroatoms. The van der Waals surface area contributed by atoms with Gasteiger partial charge in [0, 0.05) is 0 Å². The Morgan fingerprint density at radius 3 is 1.86 bits per heavy atom. The van der Waals surface area contributed by atoms with Crippen molar-refractivity contribution < 1.29 is 43.1 Å². The van der Waals surface area contributed by atoms with Crippen molar-refractivity contribution in [2.24, 2.45) is 0 Å². The third-order valence-electron chi connectivity index (χ3n) is 3.41. The average Bonchev–Trinajstić information content (AvgIpc) is 2.56. The molecule has 0 aliphatic rings. The molecule has 0 N–H and O–H groups in total. The fraction of sp³-hybridized carbons (Fsp3) is 0.600. The van der Waals surface area contributed by atoms with Gasteiger partial charge in [0.05, 0.1) is 43.8 Å². The number of hydrogen-bond donors (Lipinski definition) is 0. The van der Waals surface area contributed by atoms with Crippen molar-refractivity contribution in [2.75, 3.05) is 45.2 Å². The van der Waals surface area contributed by atoms with Gasteiger partial charge in [-0.25, -0.2) is 8.42 Å². The Bertz CT molecular complexity index is 919. The second-order valence-corrected chi connectivity index (χ2v) is 11.5. The van der Waals surface area contributed by atoms with Gasteiger partial charge < -0.3 is 9.47 Å². The topological polar surface area (TPSA) is 139 Å². The molecule has 1 atom stereocenters. The van der Waals surface area contributed by atoms with Gasteiger partial charge in [-0.05, 0) is 30.7 Å². The van der Waals surface area contributed by atoms with Crippen molar-refractivity contribution in [3.8, 4) is 11.5 Å². The molecule has 0 bridgehead atoms. The second kappa shape index (κ2) is 10.4. The number of hydrogen-bond acceptors (Lipinski definition) is 10. The highest BCUT2D eigenvalue weighted by Gasteiger charge is 2.27. The quantitative estimate of drug-likeness (QED) is 0.375. The Morgan fingerprint density at radius 1 is 0.821 bits per heavy atom. The highest BCUT2D eigenvalue weighted by atomic mass is 32.2. The predicted molar refractivity (Wildman–Crippen MR) is 102 cm³/mol. The molecule has 28 heavy (non-hydrogen) atoms. The molecule has 1 aromatic carbocycles. The summed E-state index contributed by atoms with van der Waals surface area (Å²) in [6.07, 6.45) is 1.36. The van der Waals surface area contributed by atoms with Crippen LogP contribution in [-0.2, 0) is 38.4 Å². The summed E-state index contributed by atoms with van der Waals surface area (Å²) in [6, 6.07) is 6.51. The van der Waals surface area contributed by atoms with E-state index in [0.29, 0.717) is 11.5 Å². The van der Waals surface area contributed by atoms with Gasteiger partial charge in [0.1, 0.15) is 18.1 Å². The lowest BCUT2D eigenvalue weighted by molar-refractivity contribution is 0.273. The zero-order valence-electron chi connectivity index (χ0n) is 15.7. The molecule has 0 aliphatic carbocycles. The summed E-state index contributed by atoms with van der Waals surface area (Å²) in [7, 11) is -9.98. The van der Waals surface area contributed by atoms with Crippen molar-refractivity contribution in [3.05, 3.63) is 24.3 Å². The van der Waals surface area contributed by atoms with Crippen LogP contribution < -0.4 is 9.47 Å². The minimum Gasteiger partial charge on any atom is -0.497 e. The summed E-state index contributed by atoms with van der Waals surface area (Å²) in [5, 5.41) is -1.27. The molecule has 0 aromatic heterocycles. The first-order valence-corrected chi connectivity index (χ1v) is 13.3. The van der Waals surface area contributed by atoms with Crippen molar-refractivity contribution in [1.29, 1.82) is 0 Å². The Kier molecular flexibility index (Phi) is 9.14. The van der Waals surface area contributed by atoms with Crippen LogP contribution in [0.2, 0.25) is 0 Å². The lowest BCUT2D eigenvalue weighted by atomic mass is 10.3. The minimum absolute atomic E-state index is 0.184. The summed E-state index contributed by atoms with van der Waals surface area (Å²) in [5.74, 6) is 0.625. The number of ether oxygens (including phenoxy) is 2. The molecule has 0 radical (unpaired) electrons. The normalized spacial score (nSPS) is 13.8. The van der Waals surface area contributed by atoms with Gasteiger partial charge in [0.25, 0.3) is 20.2 Å². The SMILES string of the molecule is COc1ccc(OCCS(=O)(=O)[C@@H](CCOS(C)(=O)=O)COS(C)(=O)=O)cc1. The van der Waals surface area contributed by atoms with E-state index < -0.39 is 54.3 Å². The molecule has 0 amide bonds. The van der Waals surface area contributed by atoms with Gasteiger partial charge in [0.2, 0.25) is 0 Å². The highest BCUT2D eigenvalue weighted by molar-refractivity contribution is 7.92. The van der Waals surface area contributed by atoms with Crippen LogP contribution in [0.25, 0.3) is 0 Å². The van der Waals surface area contributed by atoms with E-state index in [2.05, 4.69) is 8.37 Å².